The molecule has 0 aliphatic carbocycles. The number of amides is 3. The van der Waals surface area contributed by atoms with Gasteiger partial charge in [0.15, 0.2) is 6.61 Å². The van der Waals surface area contributed by atoms with Gasteiger partial charge in [0, 0.05) is 11.1 Å². The highest BCUT2D eigenvalue weighted by Gasteiger charge is 2.19. The molecule has 0 bridgehead atoms. The second kappa shape index (κ2) is 8.73. The summed E-state index contributed by atoms with van der Waals surface area (Å²) in [6.45, 7) is 6.75. The van der Waals surface area contributed by atoms with Gasteiger partial charge in [0.05, 0.1) is 16.8 Å². The van der Waals surface area contributed by atoms with Gasteiger partial charge in [-0.15, -0.1) is 0 Å². The van der Waals surface area contributed by atoms with Crippen LogP contribution < -0.4 is 10.6 Å². The standard InChI is InChI=1S/C23H23N3O4/c1-13-9-10-18(14(2)11-13)25-23(29)26-20(27)12-30-22(28)21-15(3)17-7-5-6-8-19(17)24-16(21)4/h5-11H,12H2,1-4H3,(H2,25,26,27,29). The first-order valence-electron chi connectivity index (χ1n) is 9.47. The van der Waals surface area contributed by atoms with Crippen molar-refractivity contribution in [2.45, 2.75) is 27.7 Å². The van der Waals surface area contributed by atoms with E-state index in [1.807, 2.05) is 57.2 Å². The summed E-state index contributed by atoms with van der Waals surface area (Å²) in [4.78, 5) is 41.0. The SMILES string of the molecule is Cc1ccc(NC(=O)NC(=O)COC(=O)c2c(C)nc3ccccc3c2C)c(C)c1. The summed E-state index contributed by atoms with van der Waals surface area (Å²) < 4.78 is 5.12. The molecular weight excluding hydrogens is 382 g/mol. The van der Waals surface area contributed by atoms with E-state index >= 15 is 0 Å². The molecule has 2 aromatic carbocycles. The number of hydrogen-bond acceptors (Lipinski definition) is 5. The van der Waals surface area contributed by atoms with Crippen LogP contribution in [0.3, 0.4) is 0 Å². The summed E-state index contributed by atoms with van der Waals surface area (Å²) in [6.07, 6.45) is 0. The van der Waals surface area contributed by atoms with E-state index in [1.54, 1.807) is 13.0 Å². The molecule has 30 heavy (non-hydrogen) atoms. The van der Waals surface area contributed by atoms with Crippen LogP contribution in [-0.2, 0) is 9.53 Å². The lowest BCUT2D eigenvalue weighted by molar-refractivity contribution is -0.123. The van der Waals surface area contributed by atoms with Crippen molar-refractivity contribution in [3.05, 3.63) is 70.4 Å². The van der Waals surface area contributed by atoms with Crippen LogP contribution in [0.5, 0.6) is 0 Å². The van der Waals surface area contributed by atoms with Crippen LogP contribution in [0.2, 0.25) is 0 Å². The number of hydrogen-bond donors (Lipinski definition) is 2. The van der Waals surface area contributed by atoms with Gasteiger partial charge in [-0.25, -0.2) is 9.59 Å². The molecule has 0 unspecified atom stereocenters. The van der Waals surface area contributed by atoms with Crippen molar-refractivity contribution >= 4 is 34.5 Å². The van der Waals surface area contributed by atoms with Crippen molar-refractivity contribution in [3.63, 3.8) is 0 Å². The van der Waals surface area contributed by atoms with Crippen LogP contribution in [0.15, 0.2) is 42.5 Å². The number of carbonyl (C=O) groups is 3. The molecule has 154 valence electrons. The molecule has 1 aromatic heterocycles. The Kier molecular flexibility index (Phi) is 6.11. The van der Waals surface area contributed by atoms with Gasteiger partial charge in [0.25, 0.3) is 5.91 Å². The summed E-state index contributed by atoms with van der Waals surface area (Å²) in [5.74, 6) is -1.39. The number of esters is 1. The highest BCUT2D eigenvalue weighted by Crippen LogP contribution is 2.23. The predicted molar refractivity (Wildman–Crippen MR) is 115 cm³/mol. The van der Waals surface area contributed by atoms with E-state index in [-0.39, 0.29) is 0 Å². The number of para-hydroxylation sites is 1. The molecule has 7 nitrogen and oxygen atoms in total. The average Bonchev–Trinajstić information content (AvgIpc) is 2.68. The van der Waals surface area contributed by atoms with Crippen molar-refractivity contribution in [3.8, 4) is 0 Å². The zero-order valence-corrected chi connectivity index (χ0v) is 17.3. The molecule has 0 radical (unpaired) electrons. The number of urea groups is 1. The lowest BCUT2D eigenvalue weighted by Gasteiger charge is -2.12. The number of ether oxygens (including phenoxy) is 1. The first-order chi connectivity index (χ1) is 14.3. The van der Waals surface area contributed by atoms with E-state index < -0.39 is 24.5 Å². The highest BCUT2D eigenvalue weighted by molar-refractivity contribution is 6.03. The fourth-order valence-corrected chi connectivity index (χ4v) is 3.31. The molecule has 3 amide bonds. The highest BCUT2D eigenvalue weighted by atomic mass is 16.5. The lowest BCUT2D eigenvalue weighted by Crippen LogP contribution is -2.37. The number of anilines is 1. The lowest BCUT2D eigenvalue weighted by atomic mass is 10.0. The Bertz CT molecular complexity index is 1150. The Morgan fingerprint density at radius 3 is 2.47 bits per heavy atom. The minimum atomic E-state index is -0.727. The molecule has 1 heterocycles. The second-order valence-corrected chi connectivity index (χ2v) is 7.11. The van der Waals surface area contributed by atoms with E-state index in [4.69, 9.17) is 4.74 Å². The van der Waals surface area contributed by atoms with E-state index in [1.165, 1.54) is 0 Å². The Morgan fingerprint density at radius 2 is 1.73 bits per heavy atom. The fourth-order valence-electron chi connectivity index (χ4n) is 3.31. The van der Waals surface area contributed by atoms with Crippen LogP contribution in [0.4, 0.5) is 10.5 Å². The van der Waals surface area contributed by atoms with Crippen molar-refractivity contribution in [1.29, 1.82) is 0 Å². The predicted octanol–water partition coefficient (Wildman–Crippen LogP) is 3.97. The minimum absolute atomic E-state index is 0.321. The van der Waals surface area contributed by atoms with Crippen LogP contribution in [0.25, 0.3) is 10.9 Å². The monoisotopic (exact) mass is 405 g/mol. The summed E-state index contributed by atoms with van der Waals surface area (Å²) >= 11 is 0. The number of pyridine rings is 1. The number of carbonyl (C=O) groups excluding carboxylic acids is 3. The van der Waals surface area contributed by atoms with Crippen molar-refractivity contribution < 1.29 is 19.1 Å². The van der Waals surface area contributed by atoms with E-state index in [0.29, 0.717) is 16.9 Å². The number of rotatable bonds is 4. The summed E-state index contributed by atoms with van der Waals surface area (Å²) in [6, 6.07) is 12.3. The summed E-state index contributed by atoms with van der Waals surface area (Å²) in [5, 5.41) is 5.60. The zero-order valence-electron chi connectivity index (χ0n) is 17.3. The smallest absolute Gasteiger partial charge is 0.340 e. The third-order valence-corrected chi connectivity index (χ3v) is 4.75. The van der Waals surface area contributed by atoms with Gasteiger partial charge in [0.2, 0.25) is 0 Å². The van der Waals surface area contributed by atoms with Crippen molar-refractivity contribution in [2.24, 2.45) is 0 Å². The maximum atomic E-state index is 12.5. The number of benzene rings is 2. The quantitative estimate of drug-likeness (QED) is 0.640. The Hall–Kier alpha value is -3.74. The van der Waals surface area contributed by atoms with Gasteiger partial charge in [-0.05, 0) is 51.0 Å². The third kappa shape index (κ3) is 4.63. The molecule has 7 heteroatoms. The first-order valence-corrected chi connectivity index (χ1v) is 9.47. The fraction of sp³-hybridized carbons (Fsp3) is 0.217. The van der Waals surface area contributed by atoms with E-state index in [9.17, 15) is 14.4 Å². The van der Waals surface area contributed by atoms with Gasteiger partial charge in [-0.2, -0.15) is 0 Å². The largest absolute Gasteiger partial charge is 0.452 e. The molecule has 2 N–H and O–H groups in total. The Labute approximate surface area is 174 Å². The number of aryl methyl sites for hydroxylation is 4. The number of nitrogens with zero attached hydrogens (tertiary/aromatic N) is 1. The van der Waals surface area contributed by atoms with Gasteiger partial charge < -0.3 is 10.1 Å². The molecule has 0 aliphatic rings. The van der Waals surface area contributed by atoms with Gasteiger partial charge in [-0.3, -0.25) is 15.1 Å². The first kappa shape index (κ1) is 21.0. The topological polar surface area (TPSA) is 97.4 Å². The maximum absolute atomic E-state index is 12.5. The van der Waals surface area contributed by atoms with Crippen LogP contribution in [0, 0.1) is 27.7 Å². The molecule has 0 saturated heterocycles. The number of nitrogens with one attached hydrogen (secondary N) is 2. The maximum Gasteiger partial charge on any atom is 0.340 e. The molecule has 0 spiro atoms. The normalized spacial score (nSPS) is 10.5. The van der Waals surface area contributed by atoms with Gasteiger partial charge in [-0.1, -0.05) is 35.9 Å². The minimum Gasteiger partial charge on any atom is -0.452 e. The summed E-state index contributed by atoms with van der Waals surface area (Å²) in [5.41, 5.74) is 4.89. The van der Waals surface area contributed by atoms with Crippen LogP contribution in [-0.4, -0.2) is 29.5 Å². The zero-order chi connectivity index (χ0) is 21.8. The van der Waals surface area contributed by atoms with Crippen LogP contribution in [0.1, 0.15) is 32.7 Å². The average molecular weight is 405 g/mol. The van der Waals surface area contributed by atoms with E-state index in [0.717, 1.165) is 27.6 Å². The molecule has 0 atom stereocenters. The number of imide groups is 1. The van der Waals surface area contributed by atoms with E-state index in [2.05, 4.69) is 15.6 Å². The van der Waals surface area contributed by atoms with Gasteiger partial charge in [0.1, 0.15) is 0 Å². The molecule has 3 aromatic rings. The van der Waals surface area contributed by atoms with Crippen molar-refractivity contribution in [2.75, 3.05) is 11.9 Å². The molecule has 3 rings (SSSR count). The molecule has 0 saturated carbocycles. The molecule has 0 fully saturated rings. The van der Waals surface area contributed by atoms with Crippen LogP contribution >= 0.6 is 0 Å². The summed E-state index contributed by atoms with van der Waals surface area (Å²) in [7, 11) is 0. The Balaban J connectivity index is 1.61. The third-order valence-electron chi connectivity index (χ3n) is 4.75. The second-order valence-electron chi connectivity index (χ2n) is 7.11. The van der Waals surface area contributed by atoms with Gasteiger partial charge >= 0.3 is 12.0 Å². The molecule has 0 aliphatic heterocycles. The number of aromatic nitrogens is 1. The Morgan fingerprint density at radius 1 is 1.00 bits per heavy atom. The number of fused-ring (bicyclic) bond motifs is 1. The van der Waals surface area contributed by atoms with Crippen molar-refractivity contribution in [1.82, 2.24) is 10.3 Å². The molecular formula is C23H23N3O4.